The zero-order valence-electron chi connectivity index (χ0n) is 10.4. The highest BCUT2D eigenvalue weighted by Gasteiger charge is 2.14. The molecule has 0 aliphatic heterocycles. The van der Waals surface area contributed by atoms with Crippen LogP contribution in [0.3, 0.4) is 0 Å². The number of carbonyl (C=O) groups excluding carboxylic acids is 1. The van der Waals surface area contributed by atoms with Crippen LogP contribution < -0.4 is 5.32 Å². The molecule has 18 heavy (non-hydrogen) atoms. The molecule has 1 aliphatic carbocycles. The summed E-state index contributed by atoms with van der Waals surface area (Å²) >= 11 is 0. The number of carbonyl (C=O) groups is 1. The standard InChI is InChI=1S/C15H19NO2/c17-14-9-5-4-6-12(14)10-11-15(18)16-13-7-2-1-3-8-13/h4-6,9-11,13,17H,1-3,7-8H2,(H,16,18)/b11-10+. The molecule has 0 radical (unpaired) electrons. The lowest BCUT2D eigenvalue weighted by molar-refractivity contribution is -0.117. The molecule has 0 aromatic heterocycles. The summed E-state index contributed by atoms with van der Waals surface area (Å²) in [4.78, 5) is 11.7. The van der Waals surface area contributed by atoms with Crippen molar-refractivity contribution in [3.8, 4) is 5.75 Å². The molecule has 0 unspecified atom stereocenters. The molecule has 1 aromatic rings. The van der Waals surface area contributed by atoms with Gasteiger partial charge in [0, 0.05) is 17.7 Å². The number of hydrogen-bond acceptors (Lipinski definition) is 2. The zero-order chi connectivity index (χ0) is 12.8. The Morgan fingerprint density at radius 1 is 1.22 bits per heavy atom. The van der Waals surface area contributed by atoms with Crippen molar-refractivity contribution in [3.63, 3.8) is 0 Å². The van der Waals surface area contributed by atoms with E-state index < -0.39 is 0 Å². The van der Waals surface area contributed by atoms with Gasteiger partial charge in [-0.15, -0.1) is 0 Å². The van der Waals surface area contributed by atoms with Gasteiger partial charge < -0.3 is 10.4 Å². The number of aromatic hydroxyl groups is 1. The van der Waals surface area contributed by atoms with E-state index in [-0.39, 0.29) is 11.7 Å². The number of benzene rings is 1. The zero-order valence-corrected chi connectivity index (χ0v) is 10.4. The summed E-state index contributed by atoms with van der Waals surface area (Å²) in [5.74, 6) is 0.115. The Hall–Kier alpha value is -1.77. The topological polar surface area (TPSA) is 49.3 Å². The number of hydrogen-bond donors (Lipinski definition) is 2. The SMILES string of the molecule is O=C(/C=C/c1ccccc1O)NC1CCCCC1. The Labute approximate surface area is 108 Å². The molecule has 3 nitrogen and oxygen atoms in total. The maximum absolute atomic E-state index is 11.7. The lowest BCUT2D eigenvalue weighted by atomic mass is 9.95. The largest absolute Gasteiger partial charge is 0.507 e. The number of phenols is 1. The van der Waals surface area contributed by atoms with Gasteiger partial charge in [-0.1, -0.05) is 37.5 Å². The predicted octanol–water partition coefficient (Wildman–Crippen LogP) is 2.85. The second kappa shape index (κ2) is 6.24. The van der Waals surface area contributed by atoms with Gasteiger partial charge in [-0.3, -0.25) is 4.79 Å². The monoisotopic (exact) mass is 245 g/mol. The lowest BCUT2D eigenvalue weighted by Crippen LogP contribution is -2.34. The first kappa shape index (κ1) is 12.7. The molecule has 2 rings (SSSR count). The summed E-state index contributed by atoms with van der Waals surface area (Å²) in [7, 11) is 0. The third-order valence-electron chi connectivity index (χ3n) is 3.30. The number of amides is 1. The quantitative estimate of drug-likeness (QED) is 0.804. The van der Waals surface area contributed by atoms with E-state index in [9.17, 15) is 9.90 Å². The third kappa shape index (κ3) is 3.62. The highest BCUT2D eigenvalue weighted by Crippen LogP contribution is 2.18. The summed E-state index contributed by atoms with van der Waals surface area (Å²) in [5.41, 5.74) is 0.663. The van der Waals surface area contributed by atoms with Crippen molar-refractivity contribution in [2.45, 2.75) is 38.1 Å². The first-order valence-electron chi connectivity index (χ1n) is 6.52. The van der Waals surface area contributed by atoms with Crippen LogP contribution in [0.25, 0.3) is 6.08 Å². The second-order valence-corrected chi connectivity index (χ2v) is 4.74. The molecule has 1 saturated carbocycles. The molecule has 96 valence electrons. The maximum Gasteiger partial charge on any atom is 0.244 e. The Bertz CT molecular complexity index is 434. The Morgan fingerprint density at radius 3 is 2.67 bits per heavy atom. The molecule has 1 amide bonds. The maximum atomic E-state index is 11.7. The van der Waals surface area contributed by atoms with Crippen LogP contribution in [-0.2, 0) is 4.79 Å². The van der Waals surface area contributed by atoms with Gasteiger partial charge in [-0.2, -0.15) is 0 Å². The summed E-state index contributed by atoms with van der Waals surface area (Å²) < 4.78 is 0. The van der Waals surface area contributed by atoms with Crippen molar-refractivity contribution < 1.29 is 9.90 Å². The molecule has 0 heterocycles. The van der Waals surface area contributed by atoms with Crippen LogP contribution >= 0.6 is 0 Å². The molecule has 0 saturated heterocycles. The van der Waals surface area contributed by atoms with Crippen molar-refractivity contribution in [1.29, 1.82) is 0 Å². The van der Waals surface area contributed by atoms with Crippen molar-refractivity contribution in [2.75, 3.05) is 0 Å². The summed E-state index contributed by atoms with van der Waals surface area (Å²) in [5, 5.41) is 12.6. The number of para-hydroxylation sites is 1. The van der Waals surface area contributed by atoms with Gasteiger partial charge in [0.05, 0.1) is 0 Å². The number of nitrogens with one attached hydrogen (secondary N) is 1. The average Bonchev–Trinajstić information content (AvgIpc) is 2.39. The van der Waals surface area contributed by atoms with E-state index in [0.717, 1.165) is 12.8 Å². The second-order valence-electron chi connectivity index (χ2n) is 4.74. The smallest absolute Gasteiger partial charge is 0.244 e. The molecule has 0 atom stereocenters. The van der Waals surface area contributed by atoms with Crippen LogP contribution in [0.2, 0.25) is 0 Å². The van der Waals surface area contributed by atoms with Gasteiger partial charge in [0.1, 0.15) is 5.75 Å². The van der Waals surface area contributed by atoms with E-state index >= 15 is 0 Å². The number of phenolic OH excluding ortho intramolecular Hbond substituents is 1. The van der Waals surface area contributed by atoms with Gasteiger partial charge in [-0.05, 0) is 25.0 Å². The van der Waals surface area contributed by atoms with Crippen molar-refractivity contribution in [1.82, 2.24) is 5.32 Å². The lowest BCUT2D eigenvalue weighted by Gasteiger charge is -2.21. The van der Waals surface area contributed by atoms with Gasteiger partial charge in [0.2, 0.25) is 5.91 Å². The number of rotatable bonds is 3. The van der Waals surface area contributed by atoms with Crippen LogP contribution in [-0.4, -0.2) is 17.1 Å². The molecular formula is C15H19NO2. The van der Waals surface area contributed by atoms with Crippen LogP contribution in [0.15, 0.2) is 30.3 Å². The fourth-order valence-electron chi connectivity index (χ4n) is 2.29. The molecule has 1 aliphatic rings. The minimum atomic E-state index is -0.0786. The normalized spacial score (nSPS) is 16.9. The van der Waals surface area contributed by atoms with E-state index in [1.807, 2.05) is 6.07 Å². The highest BCUT2D eigenvalue weighted by atomic mass is 16.3. The Morgan fingerprint density at radius 2 is 1.94 bits per heavy atom. The van der Waals surface area contributed by atoms with Crippen molar-refractivity contribution in [3.05, 3.63) is 35.9 Å². The Kier molecular flexibility index (Phi) is 4.40. The first-order chi connectivity index (χ1) is 8.75. The molecule has 0 spiro atoms. The first-order valence-corrected chi connectivity index (χ1v) is 6.52. The van der Waals surface area contributed by atoms with E-state index in [1.165, 1.54) is 25.3 Å². The van der Waals surface area contributed by atoms with Crippen molar-refractivity contribution >= 4 is 12.0 Å². The van der Waals surface area contributed by atoms with Crippen LogP contribution in [0.1, 0.15) is 37.7 Å². The van der Waals surface area contributed by atoms with Crippen LogP contribution in [0, 0.1) is 0 Å². The predicted molar refractivity (Wildman–Crippen MR) is 72.2 cm³/mol. The molecule has 1 fully saturated rings. The molecule has 3 heteroatoms. The molecule has 2 N–H and O–H groups in total. The van der Waals surface area contributed by atoms with Gasteiger partial charge in [0.25, 0.3) is 0 Å². The van der Waals surface area contributed by atoms with Gasteiger partial charge >= 0.3 is 0 Å². The van der Waals surface area contributed by atoms with Crippen LogP contribution in [0.5, 0.6) is 5.75 Å². The fraction of sp³-hybridized carbons (Fsp3) is 0.400. The highest BCUT2D eigenvalue weighted by molar-refractivity contribution is 5.92. The van der Waals surface area contributed by atoms with E-state index in [2.05, 4.69) is 5.32 Å². The summed E-state index contributed by atoms with van der Waals surface area (Å²) in [6.45, 7) is 0. The fourth-order valence-corrected chi connectivity index (χ4v) is 2.29. The molecule has 0 bridgehead atoms. The Balaban J connectivity index is 1.88. The minimum Gasteiger partial charge on any atom is -0.507 e. The average molecular weight is 245 g/mol. The summed E-state index contributed by atoms with van der Waals surface area (Å²) in [6, 6.07) is 7.30. The third-order valence-corrected chi connectivity index (χ3v) is 3.30. The molecular weight excluding hydrogens is 226 g/mol. The summed E-state index contributed by atoms with van der Waals surface area (Å²) in [6.07, 6.45) is 8.98. The molecule has 1 aromatic carbocycles. The minimum absolute atomic E-state index is 0.0786. The van der Waals surface area contributed by atoms with Gasteiger partial charge in [-0.25, -0.2) is 0 Å². The van der Waals surface area contributed by atoms with E-state index in [0.29, 0.717) is 11.6 Å². The van der Waals surface area contributed by atoms with Gasteiger partial charge in [0.15, 0.2) is 0 Å². The van der Waals surface area contributed by atoms with E-state index in [4.69, 9.17) is 0 Å². The van der Waals surface area contributed by atoms with E-state index in [1.54, 1.807) is 24.3 Å². The van der Waals surface area contributed by atoms with Crippen molar-refractivity contribution in [2.24, 2.45) is 0 Å². The van der Waals surface area contributed by atoms with Crippen LogP contribution in [0.4, 0.5) is 0 Å².